The minimum Gasteiger partial charge on any atom is -0.480 e. The summed E-state index contributed by atoms with van der Waals surface area (Å²) in [5, 5.41) is 14.8. The van der Waals surface area contributed by atoms with Crippen molar-refractivity contribution in [3.05, 3.63) is 59.7 Å². The molecule has 0 bridgehead atoms. The average Bonchev–Trinajstić information content (AvgIpc) is 3.17. The number of carbonyl (C=O) groups is 3. The van der Waals surface area contributed by atoms with E-state index in [0.717, 1.165) is 22.3 Å². The first-order valence-electron chi connectivity index (χ1n) is 11.9. The minimum atomic E-state index is -1.09. The number of ether oxygens (including phenoxy) is 1. The van der Waals surface area contributed by atoms with E-state index in [4.69, 9.17) is 4.74 Å². The Bertz CT molecular complexity index is 992. The Morgan fingerprint density at radius 2 is 1.35 bits per heavy atom. The number of fused-ring (bicyclic) bond motifs is 3. The molecule has 0 heterocycles. The summed E-state index contributed by atoms with van der Waals surface area (Å²) < 4.78 is 5.59. The quantitative estimate of drug-likeness (QED) is 0.476. The maximum atomic E-state index is 13.0. The van der Waals surface area contributed by atoms with E-state index in [2.05, 4.69) is 22.8 Å². The molecule has 0 aromatic heterocycles. The average molecular weight is 467 g/mol. The van der Waals surface area contributed by atoms with Crippen LogP contribution in [0.4, 0.5) is 4.79 Å². The molecule has 3 N–H and O–H groups in total. The van der Waals surface area contributed by atoms with Crippen LogP contribution >= 0.6 is 0 Å². The van der Waals surface area contributed by atoms with Crippen LogP contribution in [0.15, 0.2) is 48.5 Å². The van der Waals surface area contributed by atoms with Crippen molar-refractivity contribution in [1.29, 1.82) is 0 Å². The van der Waals surface area contributed by atoms with Crippen molar-refractivity contribution in [2.24, 2.45) is 11.8 Å². The molecule has 4 atom stereocenters. The van der Waals surface area contributed by atoms with Gasteiger partial charge in [-0.3, -0.25) is 4.79 Å². The second-order valence-electron chi connectivity index (χ2n) is 9.04. The molecule has 1 aliphatic rings. The third-order valence-electron chi connectivity index (χ3n) is 6.89. The number of aliphatic carboxylic acids is 1. The lowest BCUT2D eigenvalue weighted by atomic mass is 9.95. The van der Waals surface area contributed by atoms with Crippen LogP contribution in [0.1, 0.15) is 57.6 Å². The van der Waals surface area contributed by atoms with Gasteiger partial charge in [0.1, 0.15) is 18.7 Å². The first kappa shape index (κ1) is 25.3. The molecule has 0 aliphatic heterocycles. The molecular formula is C27H34N2O5. The van der Waals surface area contributed by atoms with Crippen LogP contribution in [0, 0.1) is 11.8 Å². The number of carbonyl (C=O) groups excluding carboxylic acids is 2. The number of rotatable bonds is 10. The summed E-state index contributed by atoms with van der Waals surface area (Å²) in [7, 11) is 0. The molecule has 7 heteroatoms. The lowest BCUT2D eigenvalue weighted by molar-refractivity contribution is -0.143. The summed E-state index contributed by atoms with van der Waals surface area (Å²) in [4.78, 5) is 37.3. The number of amides is 2. The molecule has 0 saturated carbocycles. The van der Waals surface area contributed by atoms with Crippen molar-refractivity contribution < 1.29 is 24.2 Å². The van der Waals surface area contributed by atoms with E-state index in [-0.39, 0.29) is 24.4 Å². The van der Waals surface area contributed by atoms with Crippen molar-refractivity contribution >= 4 is 18.0 Å². The lowest BCUT2D eigenvalue weighted by Gasteiger charge is -2.27. The van der Waals surface area contributed by atoms with E-state index in [1.165, 1.54) is 0 Å². The molecule has 3 rings (SSSR count). The third-order valence-corrected chi connectivity index (χ3v) is 6.89. The van der Waals surface area contributed by atoms with Gasteiger partial charge in [-0.2, -0.15) is 0 Å². The van der Waals surface area contributed by atoms with Crippen molar-refractivity contribution in [1.82, 2.24) is 10.6 Å². The smallest absolute Gasteiger partial charge is 0.407 e. The zero-order valence-electron chi connectivity index (χ0n) is 20.2. The molecule has 2 aromatic carbocycles. The van der Waals surface area contributed by atoms with Crippen LogP contribution in [0.3, 0.4) is 0 Å². The molecule has 2 amide bonds. The number of carboxylic acid groups (broad SMARTS) is 1. The Balaban J connectivity index is 1.69. The zero-order valence-corrected chi connectivity index (χ0v) is 20.2. The summed E-state index contributed by atoms with van der Waals surface area (Å²) in [6.45, 7) is 7.53. The fourth-order valence-electron chi connectivity index (χ4n) is 4.40. The van der Waals surface area contributed by atoms with Gasteiger partial charge < -0.3 is 20.5 Å². The highest BCUT2D eigenvalue weighted by molar-refractivity contribution is 5.89. The molecule has 2 unspecified atom stereocenters. The Hall–Kier alpha value is -3.35. The highest BCUT2D eigenvalue weighted by Gasteiger charge is 2.33. The number of carboxylic acids is 1. The van der Waals surface area contributed by atoms with Crippen LogP contribution in [0.2, 0.25) is 0 Å². The van der Waals surface area contributed by atoms with Gasteiger partial charge in [-0.05, 0) is 34.1 Å². The van der Waals surface area contributed by atoms with Crippen LogP contribution in [0.5, 0.6) is 0 Å². The molecule has 0 radical (unpaired) electrons. The largest absolute Gasteiger partial charge is 0.480 e. The summed E-state index contributed by atoms with van der Waals surface area (Å²) in [6.07, 6.45) is 0.533. The molecule has 0 fully saturated rings. The topological polar surface area (TPSA) is 105 Å². The number of benzene rings is 2. The Morgan fingerprint density at radius 3 is 1.85 bits per heavy atom. The highest BCUT2D eigenvalue weighted by atomic mass is 16.5. The molecule has 34 heavy (non-hydrogen) atoms. The SMILES string of the molecule is CCC(C)C(NC(=O)OCC1c2ccccc2-c2ccccc21)C(=O)N[C@H](C(=O)O)[C@@H](C)CC. The number of hydrogen-bond acceptors (Lipinski definition) is 4. The minimum absolute atomic E-state index is 0.0872. The summed E-state index contributed by atoms with van der Waals surface area (Å²) in [6, 6.07) is 14.2. The third kappa shape index (κ3) is 5.41. The predicted octanol–water partition coefficient (Wildman–Crippen LogP) is 4.56. The van der Waals surface area contributed by atoms with Gasteiger partial charge in [0, 0.05) is 5.92 Å². The fraction of sp³-hybridized carbons (Fsp3) is 0.444. The maximum Gasteiger partial charge on any atom is 0.407 e. The van der Waals surface area contributed by atoms with Gasteiger partial charge in [0.05, 0.1) is 0 Å². The van der Waals surface area contributed by atoms with Gasteiger partial charge in [-0.15, -0.1) is 0 Å². The van der Waals surface area contributed by atoms with Gasteiger partial charge in [0.15, 0.2) is 0 Å². The Morgan fingerprint density at radius 1 is 0.853 bits per heavy atom. The molecule has 182 valence electrons. The van der Waals surface area contributed by atoms with Crippen LogP contribution in [-0.4, -0.2) is 41.8 Å². The fourth-order valence-corrected chi connectivity index (χ4v) is 4.40. The summed E-state index contributed by atoms with van der Waals surface area (Å²) >= 11 is 0. The van der Waals surface area contributed by atoms with Gasteiger partial charge in [-0.1, -0.05) is 89.1 Å². The van der Waals surface area contributed by atoms with Crippen LogP contribution in [0.25, 0.3) is 11.1 Å². The molecule has 2 aromatic rings. The lowest BCUT2D eigenvalue weighted by Crippen LogP contribution is -2.55. The number of hydrogen-bond donors (Lipinski definition) is 3. The van der Waals surface area contributed by atoms with Gasteiger partial charge in [-0.25, -0.2) is 9.59 Å². The monoisotopic (exact) mass is 466 g/mol. The number of nitrogens with one attached hydrogen (secondary N) is 2. The number of alkyl carbamates (subject to hydrolysis) is 1. The maximum absolute atomic E-state index is 13.0. The highest BCUT2D eigenvalue weighted by Crippen LogP contribution is 2.44. The Kier molecular flexibility index (Phi) is 8.31. The molecule has 0 saturated heterocycles. The first-order chi connectivity index (χ1) is 16.3. The predicted molar refractivity (Wildman–Crippen MR) is 130 cm³/mol. The molecular weight excluding hydrogens is 432 g/mol. The van der Waals surface area contributed by atoms with E-state index >= 15 is 0 Å². The van der Waals surface area contributed by atoms with E-state index in [1.54, 1.807) is 6.92 Å². The molecule has 1 aliphatic carbocycles. The van der Waals surface area contributed by atoms with E-state index < -0.39 is 30.1 Å². The normalized spacial score (nSPS) is 15.9. The van der Waals surface area contributed by atoms with Crippen molar-refractivity contribution in [3.8, 4) is 11.1 Å². The summed E-state index contributed by atoms with van der Waals surface area (Å²) in [5.74, 6) is -2.14. The van der Waals surface area contributed by atoms with Gasteiger partial charge in [0.25, 0.3) is 0 Å². The van der Waals surface area contributed by atoms with Crippen molar-refractivity contribution in [2.75, 3.05) is 6.61 Å². The second-order valence-corrected chi connectivity index (χ2v) is 9.04. The van der Waals surface area contributed by atoms with Gasteiger partial charge in [0.2, 0.25) is 5.91 Å². The van der Waals surface area contributed by atoms with E-state index in [0.29, 0.717) is 12.8 Å². The van der Waals surface area contributed by atoms with E-state index in [9.17, 15) is 19.5 Å². The zero-order chi connectivity index (χ0) is 24.8. The van der Waals surface area contributed by atoms with Crippen molar-refractivity contribution in [2.45, 2.75) is 58.5 Å². The summed E-state index contributed by atoms with van der Waals surface area (Å²) in [5.41, 5.74) is 4.47. The Labute approximate surface area is 200 Å². The van der Waals surface area contributed by atoms with Gasteiger partial charge >= 0.3 is 12.1 Å². The second kappa shape index (κ2) is 11.2. The standard InChI is InChI=1S/C27H34N2O5/c1-5-16(3)23(25(30)28-24(26(31)32)17(4)6-2)29-27(33)34-15-22-20-13-9-7-11-18(20)19-12-8-10-14-21(19)22/h7-14,16-17,22-24H,5-6,15H2,1-4H3,(H,28,30)(H,29,33)(H,31,32)/t16?,17-,23?,24-/m0/s1. The first-order valence-corrected chi connectivity index (χ1v) is 11.9. The van der Waals surface area contributed by atoms with Crippen LogP contribution in [-0.2, 0) is 14.3 Å². The van der Waals surface area contributed by atoms with Crippen LogP contribution < -0.4 is 10.6 Å². The van der Waals surface area contributed by atoms with Crippen molar-refractivity contribution in [3.63, 3.8) is 0 Å². The molecule has 0 spiro atoms. The van der Waals surface area contributed by atoms with E-state index in [1.807, 2.05) is 57.2 Å². The molecule has 7 nitrogen and oxygen atoms in total.